The standard InChI is InChI=1S/C13H21N3O2S/c1-13(2,3)16-11(17)7-10(12(14)18)15-8-9-5-4-6-19-9/h4-6,10,15H,7-8H2,1-3H3,(H2,14,18)(H,16,17). The summed E-state index contributed by atoms with van der Waals surface area (Å²) >= 11 is 1.59. The molecule has 1 aromatic rings. The first kappa shape index (κ1) is 15.7. The smallest absolute Gasteiger partial charge is 0.235 e. The zero-order chi connectivity index (χ0) is 14.5. The second-order valence-corrected chi connectivity index (χ2v) is 6.45. The minimum Gasteiger partial charge on any atom is -0.368 e. The Bertz CT molecular complexity index is 424. The predicted octanol–water partition coefficient (Wildman–Crippen LogP) is 0.996. The van der Waals surface area contributed by atoms with Crippen molar-refractivity contribution in [1.82, 2.24) is 10.6 Å². The molecule has 4 N–H and O–H groups in total. The molecular formula is C13H21N3O2S. The molecule has 0 radical (unpaired) electrons. The maximum absolute atomic E-state index is 11.8. The molecule has 1 heterocycles. The van der Waals surface area contributed by atoms with Crippen molar-refractivity contribution in [3.8, 4) is 0 Å². The van der Waals surface area contributed by atoms with E-state index < -0.39 is 11.9 Å². The highest BCUT2D eigenvalue weighted by molar-refractivity contribution is 7.09. The van der Waals surface area contributed by atoms with E-state index in [0.29, 0.717) is 6.54 Å². The summed E-state index contributed by atoms with van der Waals surface area (Å²) in [6, 6.07) is 3.25. The monoisotopic (exact) mass is 283 g/mol. The third kappa shape index (κ3) is 6.35. The molecule has 0 aliphatic heterocycles. The molecule has 106 valence electrons. The van der Waals surface area contributed by atoms with Crippen molar-refractivity contribution in [3.63, 3.8) is 0 Å². The highest BCUT2D eigenvalue weighted by Crippen LogP contribution is 2.08. The van der Waals surface area contributed by atoms with Crippen LogP contribution in [-0.2, 0) is 16.1 Å². The van der Waals surface area contributed by atoms with E-state index >= 15 is 0 Å². The van der Waals surface area contributed by atoms with Gasteiger partial charge in [0.05, 0.1) is 12.5 Å². The quantitative estimate of drug-likeness (QED) is 0.728. The van der Waals surface area contributed by atoms with Crippen LogP contribution in [0.25, 0.3) is 0 Å². The molecule has 19 heavy (non-hydrogen) atoms. The van der Waals surface area contributed by atoms with Gasteiger partial charge in [-0.3, -0.25) is 9.59 Å². The van der Waals surface area contributed by atoms with Crippen LogP contribution in [0.2, 0.25) is 0 Å². The van der Waals surface area contributed by atoms with Gasteiger partial charge in [0.1, 0.15) is 0 Å². The molecule has 0 aromatic carbocycles. The van der Waals surface area contributed by atoms with Crippen LogP contribution in [0, 0.1) is 0 Å². The molecule has 1 rings (SSSR count). The molecule has 1 atom stereocenters. The number of nitrogens with two attached hydrogens (primary N) is 1. The number of carbonyl (C=O) groups excluding carboxylic acids is 2. The molecule has 0 spiro atoms. The van der Waals surface area contributed by atoms with E-state index in [-0.39, 0.29) is 17.9 Å². The van der Waals surface area contributed by atoms with Gasteiger partial charge < -0.3 is 16.4 Å². The third-order valence-corrected chi connectivity index (χ3v) is 3.23. The summed E-state index contributed by atoms with van der Waals surface area (Å²) < 4.78 is 0. The average Bonchev–Trinajstić information content (AvgIpc) is 2.73. The topological polar surface area (TPSA) is 84.2 Å². The Morgan fingerprint density at radius 2 is 2.11 bits per heavy atom. The number of primary amides is 1. The average molecular weight is 283 g/mol. The molecule has 0 saturated carbocycles. The van der Waals surface area contributed by atoms with Crippen LogP contribution in [0.4, 0.5) is 0 Å². The Morgan fingerprint density at radius 3 is 2.58 bits per heavy atom. The fraction of sp³-hybridized carbons (Fsp3) is 0.538. The Balaban J connectivity index is 2.49. The van der Waals surface area contributed by atoms with E-state index in [4.69, 9.17) is 5.73 Å². The van der Waals surface area contributed by atoms with E-state index in [0.717, 1.165) is 4.88 Å². The largest absolute Gasteiger partial charge is 0.368 e. The van der Waals surface area contributed by atoms with Crippen LogP contribution in [0.1, 0.15) is 32.1 Å². The molecule has 1 aromatic heterocycles. The molecule has 5 nitrogen and oxygen atoms in total. The van der Waals surface area contributed by atoms with Gasteiger partial charge in [0.15, 0.2) is 0 Å². The fourth-order valence-corrected chi connectivity index (χ4v) is 2.22. The van der Waals surface area contributed by atoms with Crippen molar-refractivity contribution >= 4 is 23.2 Å². The van der Waals surface area contributed by atoms with E-state index in [9.17, 15) is 9.59 Å². The van der Waals surface area contributed by atoms with Crippen LogP contribution in [-0.4, -0.2) is 23.4 Å². The van der Waals surface area contributed by atoms with Gasteiger partial charge in [0.2, 0.25) is 11.8 Å². The summed E-state index contributed by atoms with van der Waals surface area (Å²) in [5.41, 5.74) is 5.00. The summed E-state index contributed by atoms with van der Waals surface area (Å²) in [5.74, 6) is -0.699. The lowest BCUT2D eigenvalue weighted by molar-refractivity contribution is -0.127. The van der Waals surface area contributed by atoms with Gasteiger partial charge in [0, 0.05) is 17.0 Å². The Hall–Kier alpha value is -1.40. The molecule has 6 heteroatoms. The number of amides is 2. The van der Waals surface area contributed by atoms with Gasteiger partial charge in [-0.15, -0.1) is 11.3 Å². The van der Waals surface area contributed by atoms with E-state index in [1.807, 2.05) is 38.3 Å². The van der Waals surface area contributed by atoms with Crippen molar-refractivity contribution in [1.29, 1.82) is 0 Å². The molecule has 0 saturated heterocycles. The number of hydrogen-bond acceptors (Lipinski definition) is 4. The first-order valence-electron chi connectivity index (χ1n) is 6.14. The second-order valence-electron chi connectivity index (χ2n) is 5.42. The number of nitrogens with one attached hydrogen (secondary N) is 2. The predicted molar refractivity (Wildman–Crippen MR) is 76.7 cm³/mol. The first-order chi connectivity index (χ1) is 8.78. The summed E-state index contributed by atoms with van der Waals surface area (Å²) in [7, 11) is 0. The van der Waals surface area contributed by atoms with E-state index in [2.05, 4.69) is 10.6 Å². The Kier molecular flexibility index (Phi) is 5.50. The van der Waals surface area contributed by atoms with Crippen molar-refractivity contribution in [2.75, 3.05) is 0 Å². The van der Waals surface area contributed by atoms with Crippen LogP contribution in [0.3, 0.4) is 0 Å². The van der Waals surface area contributed by atoms with E-state index in [1.54, 1.807) is 11.3 Å². The van der Waals surface area contributed by atoms with Crippen LogP contribution in [0.15, 0.2) is 17.5 Å². The lowest BCUT2D eigenvalue weighted by Crippen LogP contribution is -2.47. The van der Waals surface area contributed by atoms with Crippen LogP contribution >= 0.6 is 11.3 Å². The molecule has 0 aliphatic rings. The first-order valence-corrected chi connectivity index (χ1v) is 7.02. The van der Waals surface area contributed by atoms with Crippen molar-refractivity contribution in [2.24, 2.45) is 5.73 Å². The molecule has 0 bridgehead atoms. The summed E-state index contributed by atoms with van der Waals surface area (Å²) in [4.78, 5) is 24.2. The lowest BCUT2D eigenvalue weighted by Gasteiger charge is -2.22. The van der Waals surface area contributed by atoms with Gasteiger partial charge in [-0.05, 0) is 32.2 Å². The number of hydrogen-bond donors (Lipinski definition) is 3. The highest BCUT2D eigenvalue weighted by Gasteiger charge is 2.21. The normalized spacial score (nSPS) is 13.0. The number of rotatable bonds is 6. The van der Waals surface area contributed by atoms with Gasteiger partial charge in [-0.2, -0.15) is 0 Å². The second kappa shape index (κ2) is 6.68. The maximum atomic E-state index is 11.8. The summed E-state index contributed by atoms with van der Waals surface area (Å²) in [6.07, 6.45) is 0.0536. The zero-order valence-corrected chi connectivity index (χ0v) is 12.3. The van der Waals surface area contributed by atoms with E-state index in [1.165, 1.54) is 0 Å². The molecule has 2 amide bonds. The minimum absolute atomic E-state index is 0.0536. The van der Waals surface area contributed by atoms with Crippen LogP contribution in [0.5, 0.6) is 0 Å². The molecule has 1 unspecified atom stereocenters. The third-order valence-electron chi connectivity index (χ3n) is 2.35. The Morgan fingerprint density at radius 1 is 1.42 bits per heavy atom. The lowest BCUT2D eigenvalue weighted by atomic mass is 10.1. The van der Waals surface area contributed by atoms with Gasteiger partial charge in [0.25, 0.3) is 0 Å². The molecular weight excluding hydrogens is 262 g/mol. The van der Waals surface area contributed by atoms with Gasteiger partial charge >= 0.3 is 0 Å². The van der Waals surface area contributed by atoms with Gasteiger partial charge in [-0.1, -0.05) is 6.07 Å². The SMILES string of the molecule is CC(C)(C)NC(=O)CC(NCc1cccs1)C(N)=O. The number of thiophene rings is 1. The molecule has 0 fully saturated rings. The van der Waals surface area contributed by atoms with Crippen LogP contribution < -0.4 is 16.4 Å². The van der Waals surface area contributed by atoms with Gasteiger partial charge in [-0.25, -0.2) is 0 Å². The van der Waals surface area contributed by atoms with Crippen molar-refractivity contribution in [3.05, 3.63) is 22.4 Å². The zero-order valence-electron chi connectivity index (χ0n) is 11.5. The highest BCUT2D eigenvalue weighted by atomic mass is 32.1. The fourth-order valence-electron chi connectivity index (χ4n) is 1.56. The van der Waals surface area contributed by atoms with Crippen molar-refractivity contribution < 1.29 is 9.59 Å². The summed E-state index contributed by atoms with van der Waals surface area (Å²) in [5, 5.41) is 7.79. The Labute approximate surface area is 117 Å². The maximum Gasteiger partial charge on any atom is 0.235 e. The summed E-state index contributed by atoms with van der Waals surface area (Å²) in [6.45, 7) is 6.21. The molecule has 0 aliphatic carbocycles. The van der Waals surface area contributed by atoms with Crippen molar-refractivity contribution in [2.45, 2.75) is 45.3 Å². The minimum atomic E-state index is -0.649. The number of carbonyl (C=O) groups is 2.